The van der Waals surface area contributed by atoms with E-state index >= 15 is 0 Å². The van der Waals surface area contributed by atoms with Gasteiger partial charge in [0.05, 0.1) is 53.9 Å². The summed E-state index contributed by atoms with van der Waals surface area (Å²) in [6.07, 6.45) is 8.63. The van der Waals surface area contributed by atoms with Gasteiger partial charge < -0.3 is 9.64 Å². The number of rotatable bonds is 5. The number of hydrogen-bond acceptors (Lipinski definition) is 8. The molecule has 2 aliphatic rings. The van der Waals surface area contributed by atoms with Crippen LogP contribution in [0.3, 0.4) is 0 Å². The zero-order valence-electron chi connectivity index (χ0n) is 19.2. The van der Waals surface area contributed by atoms with Crippen LogP contribution >= 0.6 is 23.4 Å². The molecule has 1 atom stereocenters. The largest absolute Gasteiger partial charge is 0.378 e. The van der Waals surface area contributed by atoms with E-state index in [0.717, 1.165) is 44.8 Å². The molecule has 3 aromatic rings. The molecule has 34 heavy (non-hydrogen) atoms. The summed E-state index contributed by atoms with van der Waals surface area (Å²) in [6.45, 7) is 6.32. The molecule has 2 saturated heterocycles. The molecule has 2 fully saturated rings. The summed E-state index contributed by atoms with van der Waals surface area (Å²) in [6, 6.07) is 3.57. The number of ether oxygens (including phenoxy) is 1. The van der Waals surface area contributed by atoms with Gasteiger partial charge in [-0.3, -0.25) is 14.2 Å². The molecule has 4 heterocycles. The van der Waals surface area contributed by atoms with Crippen LogP contribution in [0.4, 0.5) is 5.82 Å². The number of ketones is 1. The number of fused-ring (bicyclic) bond motifs is 1. The summed E-state index contributed by atoms with van der Waals surface area (Å²) in [4.78, 5) is 40.8. The maximum Gasteiger partial charge on any atom is 0.263 e. The number of Topliss-reactive ketones (excluding diaryl/α,β-unsaturated/α-hetero) is 1. The van der Waals surface area contributed by atoms with Crippen LogP contribution in [-0.4, -0.2) is 51.1 Å². The SMILES string of the molecule is CC(=O)Cn1cnc2ccc(Sc3cnc(N4CCC5(CC4)CO[C@@H](C)C5)cn3)c(Cl)c2c1=O. The molecule has 178 valence electrons. The Labute approximate surface area is 206 Å². The van der Waals surface area contributed by atoms with Gasteiger partial charge in [0, 0.05) is 18.0 Å². The third kappa shape index (κ3) is 4.56. The Bertz CT molecular complexity index is 1290. The molecule has 0 N–H and O–H groups in total. The normalized spacial score (nSPS) is 19.7. The molecule has 8 nitrogen and oxygen atoms in total. The van der Waals surface area contributed by atoms with E-state index in [-0.39, 0.29) is 17.9 Å². The van der Waals surface area contributed by atoms with Gasteiger partial charge in [0.25, 0.3) is 5.56 Å². The van der Waals surface area contributed by atoms with Crippen LogP contribution in [0, 0.1) is 5.41 Å². The van der Waals surface area contributed by atoms with Crippen molar-refractivity contribution in [2.24, 2.45) is 5.41 Å². The topological polar surface area (TPSA) is 90.2 Å². The lowest BCUT2D eigenvalue weighted by molar-refractivity contribution is -0.117. The lowest BCUT2D eigenvalue weighted by Crippen LogP contribution is -2.41. The summed E-state index contributed by atoms with van der Waals surface area (Å²) < 4.78 is 7.11. The molecule has 0 unspecified atom stereocenters. The second-order valence-corrected chi connectivity index (χ2v) is 10.7. The number of halogens is 1. The molecule has 2 aromatic heterocycles. The second-order valence-electron chi connectivity index (χ2n) is 9.28. The minimum Gasteiger partial charge on any atom is -0.378 e. The van der Waals surface area contributed by atoms with Gasteiger partial charge in [-0.2, -0.15) is 0 Å². The summed E-state index contributed by atoms with van der Waals surface area (Å²) in [5.41, 5.74) is 0.480. The van der Waals surface area contributed by atoms with Gasteiger partial charge in [-0.15, -0.1) is 0 Å². The first-order chi connectivity index (χ1) is 16.3. The third-order valence-electron chi connectivity index (χ3n) is 6.66. The molecule has 0 amide bonds. The molecule has 0 radical (unpaired) electrons. The van der Waals surface area contributed by atoms with Gasteiger partial charge in [0.15, 0.2) is 0 Å². The fourth-order valence-corrected chi connectivity index (χ4v) is 5.98. The molecule has 5 rings (SSSR count). The van der Waals surface area contributed by atoms with Crippen molar-refractivity contribution < 1.29 is 9.53 Å². The molecule has 2 aliphatic heterocycles. The number of aromatic nitrogens is 4. The van der Waals surface area contributed by atoms with E-state index in [0.29, 0.717) is 37.4 Å². The zero-order chi connectivity index (χ0) is 23.9. The Hall–Kier alpha value is -2.49. The van der Waals surface area contributed by atoms with Gasteiger partial charge in [-0.05, 0) is 50.7 Å². The van der Waals surface area contributed by atoms with Crippen molar-refractivity contribution in [2.45, 2.75) is 55.7 Å². The van der Waals surface area contributed by atoms with Crippen molar-refractivity contribution in [3.8, 4) is 0 Å². The highest BCUT2D eigenvalue weighted by molar-refractivity contribution is 7.99. The lowest BCUT2D eigenvalue weighted by atomic mass is 9.77. The Morgan fingerprint density at radius 2 is 2.03 bits per heavy atom. The van der Waals surface area contributed by atoms with Crippen LogP contribution < -0.4 is 10.5 Å². The van der Waals surface area contributed by atoms with Gasteiger partial charge in [-0.25, -0.2) is 15.0 Å². The third-order valence-corrected chi connectivity index (χ3v) is 8.14. The van der Waals surface area contributed by atoms with Crippen molar-refractivity contribution in [1.29, 1.82) is 0 Å². The highest BCUT2D eigenvalue weighted by atomic mass is 35.5. The Morgan fingerprint density at radius 1 is 1.24 bits per heavy atom. The van der Waals surface area contributed by atoms with E-state index in [1.165, 1.54) is 29.6 Å². The summed E-state index contributed by atoms with van der Waals surface area (Å²) in [5, 5.41) is 1.29. The Kier molecular flexibility index (Phi) is 6.35. The van der Waals surface area contributed by atoms with Gasteiger partial charge >= 0.3 is 0 Å². The number of carbonyl (C=O) groups excluding carboxylic acids is 1. The smallest absolute Gasteiger partial charge is 0.263 e. The van der Waals surface area contributed by atoms with Crippen LogP contribution in [0.5, 0.6) is 0 Å². The van der Waals surface area contributed by atoms with Crippen molar-refractivity contribution >= 4 is 45.9 Å². The van der Waals surface area contributed by atoms with Crippen LogP contribution in [-0.2, 0) is 16.1 Å². The number of benzene rings is 1. The van der Waals surface area contributed by atoms with E-state index < -0.39 is 0 Å². The van der Waals surface area contributed by atoms with Crippen LogP contribution in [0.2, 0.25) is 5.02 Å². The average Bonchev–Trinajstić information content (AvgIpc) is 3.18. The fraction of sp³-hybridized carbons (Fsp3) is 0.458. The molecule has 0 bridgehead atoms. The first-order valence-electron chi connectivity index (χ1n) is 11.4. The van der Waals surface area contributed by atoms with Gasteiger partial charge in [0.1, 0.15) is 16.6 Å². The van der Waals surface area contributed by atoms with Crippen molar-refractivity contribution in [3.05, 3.63) is 46.2 Å². The predicted molar refractivity (Wildman–Crippen MR) is 132 cm³/mol. The molecule has 1 aromatic carbocycles. The molecule has 0 aliphatic carbocycles. The lowest BCUT2D eigenvalue weighted by Gasteiger charge is -2.38. The number of piperidine rings is 1. The van der Waals surface area contributed by atoms with Crippen LogP contribution in [0.1, 0.15) is 33.1 Å². The quantitative estimate of drug-likeness (QED) is 0.520. The minimum atomic E-state index is -0.334. The first-order valence-corrected chi connectivity index (χ1v) is 12.6. The maximum absolute atomic E-state index is 12.9. The van der Waals surface area contributed by atoms with Crippen LogP contribution in [0.25, 0.3) is 10.9 Å². The molecular weight excluding hydrogens is 474 g/mol. The molecular formula is C24H26ClN5O3S. The Morgan fingerprint density at radius 3 is 2.68 bits per heavy atom. The molecule has 0 saturated carbocycles. The number of hydrogen-bond donors (Lipinski definition) is 0. The molecule has 10 heteroatoms. The fourth-order valence-electron chi connectivity index (χ4n) is 4.86. The monoisotopic (exact) mass is 499 g/mol. The Balaban J connectivity index is 1.31. The highest BCUT2D eigenvalue weighted by Gasteiger charge is 2.41. The van der Waals surface area contributed by atoms with Gasteiger partial charge in [-0.1, -0.05) is 23.4 Å². The standard InChI is InChI=1S/C24H26ClN5O3S/c1-15(31)12-30-14-28-17-3-4-18(22(25)21(17)23(30)32)34-20-11-26-19(10-27-20)29-7-5-24(6-8-29)9-16(2)33-13-24/h3-4,10-11,14,16H,5-9,12-13H2,1-2H3/t16-/m0/s1. The molecule has 1 spiro atoms. The average molecular weight is 500 g/mol. The minimum absolute atomic E-state index is 0.0356. The van der Waals surface area contributed by atoms with Crippen LogP contribution in [0.15, 0.2) is 45.6 Å². The summed E-state index contributed by atoms with van der Waals surface area (Å²) >= 11 is 7.95. The maximum atomic E-state index is 12.9. The van der Waals surface area contributed by atoms with Crippen molar-refractivity contribution in [3.63, 3.8) is 0 Å². The zero-order valence-corrected chi connectivity index (χ0v) is 20.7. The second kappa shape index (κ2) is 9.28. The number of carbonyl (C=O) groups is 1. The summed E-state index contributed by atoms with van der Waals surface area (Å²) in [5.74, 6) is 0.738. The van der Waals surface area contributed by atoms with E-state index in [9.17, 15) is 9.59 Å². The van der Waals surface area contributed by atoms with Crippen molar-refractivity contribution in [2.75, 3.05) is 24.6 Å². The van der Waals surface area contributed by atoms with E-state index in [1.807, 2.05) is 6.07 Å². The van der Waals surface area contributed by atoms with E-state index in [4.69, 9.17) is 16.3 Å². The van der Waals surface area contributed by atoms with Gasteiger partial charge in [0.2, 0.25) is 0 Å². The number of nitrogens with zero attached hydrogens (tertiary/aromatic N) is 5. The van der Waals surface area contributed by atoms with E-state index in [1.54, 1.807) is 18.5 Å². The predicted octanol–water partition coefficient (Wildman–Crippen LogP) is 3.98. The van der Waals surface area contributed by atoms with E-state index in [2.05, 4.69) is 26.8 Å². The highest BCUT2D eigenvalue weighted by Crippen LogP contribution is 2.42. The summed E-state index contributed by atoms with van der Waals surface area (Å²) in [7, 11) is 0. The first kappa shape index (κ1) is 23.3. The number of anilines is 1. The van der Waals surface area contributed by atoms with Crippen molar-refractivity contribution in [1.82, 2.24) is 19.5 Å².